The smallest absolute Gasteiger partial charge is 0.0586 e. The number of rotatable bonds is 5. The molecule has 1 N–H and O–H groups in total. The quantitative estimate of drug-likeness (QED) is 0.888. The van der Waals surface area contributed by atoms with E-state index in [0.29, 0.717) is 6.04 Å². The summed E-state index contributed by atoms with van der Waals surface area (Å²) in [5, 5.41) is 14.0. The van der Waals surface area contributed by atoms with Gasteiger partial charge in [-0.2, -0.15) is 5.10 Å². The van der Waals surface area contributed by atoms with Crippen LogP contribution >= 0.6 is 0 Å². The second-order valence-electron chi connectivity index (χ2n) is 5.63. The van der Waals surface area contributed by atoms with Crippen LogP contribution in [0, 0.1) is 6.92 Å². The highest BCUT2D eigenvalue weighted by molar-refractivity contribution is 5.16. The highest BCUT2D eigenvalue weighted by Crippen LogP contribution is 2.20. The molecule has 4 heteroatoms. The summed E-state index contributed by atoms with van der Waals surface area (Å²) in [6, 6.07) is 0.330. The minimum absolute atomic E-state index is 0.280. The Labute approximate surface area is 116 Å². The third-order valence-electron chi connectivity index (χ3n) is 4.22. The van der Waals surface area contributed by atoms with Gasteiger partial charge in [0.1, 0.15) is 0 Å². The number of aliphatic hydroxyl groups excluding tert-OH is 1. The van der Waals surface area contributed by atoms with Crippen LogP contribution < -0.4 is 0 Å². The van der Waals surface area contributed by atoms with Crippen LogP contribution in [0.4, 0.5) is 0 Å². The molecule has 4 nitrogen and oxygen atoms in total. The van der Waals surface area contributed by atoms with Crippen LogP contribution in [-0.2, 0) is 13.1 Å². The van der Waals surface area contributed by atoms with E-state index in [9.17, 15) is 5.11 Å². The SMILES string of the molecule is CCCn1ncc(CN2CCCCC[C@H]2CO)c1C. The van der Waals surface area contributed by atoms with Crippen LogP contribution in [0.25, 0.3) is 0 Å². The topological polar surface area (TPSA) is 41.3 Å². The van der Waals surface area contributed by atoms with Crippen molar-refractivity contribution in [2.75, 3.05) is 13.2 Å². The minimum atomic E-state index is 0.280. The van der Waals surface area contributed by atoms with E-state index in [2.05, 4.69) is 28.5 Å². The van der Waals surface area contributed by atoms with Gasteiger partial charge in [-0.15, -0.1) is 0 Å². The maximum absolute atomic E-state index is 9.56. The van der Waals surface area contributed by atoms with Crippen molar-refractivity contribution in [1.29, 1.82) is 0 Å². The van der Waals surface area contributed by atoms with Gasteiger partial charge < -0.3 is 5.11 Å². The molecule has 2 heterocycles. The normalized spacial score (nSPS) is 21.5. The number of likely N-dealkylation sites (tertiary alicyclic amines) is 1. The van der Waals surface area contributed by atoms with Crippen molar-refractivity contribution < 1.29 is 5.11 Å². The molecule has 1 aliphatic rings. The van der Waals surface area contributed by atoms with E-state index in [1.807, 2.05) is 6.20 Å². The lowest BCUT2D eigenvalue weighted by Gasteiger charge is -2.28. The first-order valence-corrected chi connectivity index (χ1v) is 7.62. The lowest BCUT2D eigenvalue weighted by molar-refractivity contribution is 0.118. The van der Waals surface area contributed by atoms with Crippen molar-refractivity contribution in [2.24, 2.45) is 0 Å². The lowest BCUT2D eigenvalue weighted by atomic mass is 10.1. The Balaban J connectivity index is 2.05. The van der Waals surface area contributed by atoms with Crippen LogP contribution in [0.15, 0.2) is 6.20 Å². The molecule has 108 valence electrons. The Morgan fingerprint density at radius 3 is 2.95 bits per heavy atom. The molecule has 0 aromatic carbocycles. The first-order chi connectivity index (χ1) is 9.26. The Hall–Kier alpha value is -0.870. The predicted molar refractivity (Wildman–Crippen MR) is 77.0 cm³/mol. The summed E-state index contributed by atoms with van der Waals surface area (Å²) < 4.78 is 2.10. The molecule has 2 rings (SSSR count). The Morgan fingerprint density at radius 2 is 2.21 bits per heavy atom. The molecule has 19 heavy (non-hydrogen) atoms. The molecule has 1 aromatic rings. The van der Waals surface area contributed by atoms with Crippen molar-refractivity contribution in [3.63, 3.8) is 0 Å². The fourth-order valence-corrected chi connectivity index (χ4v) is 2.95. The zero-order chi connectivity index (χ0) is 13.7. The summed E-state index contributed by atoms with van der Waals surface area (Å²) in [7, 11) is 0. The second-order valence-corrected chi connectivity index (χ2v) is 5.63. The number of nitrogens with zero attached hydrogens (tertiary/aromatic N) is 3. The van der Waals surface area contributed by atoms with Gasteiger partial charge in [0.05, 0.1) is 12.8 Å². The Bertz CT molecular complexity index is 389. The van der Waals surface area contributed by atoms with E-state index in [1.165, 1.54) is 30.5 Å². The van der Waals surface area contributed by atoms with Gasteiger partial charge in [0, 0.05) is 30.4 Å². The summed E-state index contributed by atoms with van der Waals surface area (Å²) in [5.41, 5.74) is 2.59. The van der Waals surface area contributed by atoms with E-state index >= 15 is 0 Å². The van der Waals surface area contributed by atoms with E-state index in [0.717, 1.165) is 32.5 Å². The molecule has 0 amide bonds. The molecule has 1 aromatic heterocycles. The number of aromatic nitrogens is 2. The average molecular weight is 265 g/mol. The zero-order valence-electron chi connectivity index (χ0n) is 12.3. The first kappa shape index (κ1) is 14.5. The monoisotopic (exact) mass is 265 g/mol. The highest BCUT2D eigenvalue weighted by atomic mass is 16.3. The fourth-order valence-electron chi connectivity index (χ4n) is 2.95. The lowest BCUT2D eigenvalue weighted by Crippen LogP contribution is -2.37. The number of hydrogen-bond donors (Lipinski definition) is 1. The number of hydrogen-bond acceptors (Lipinski definition) is 3. The molecule has 0 spiro atoms. The van der Waals surface area contributed by atoms with E-state index in [1.54, 1.807) is 0 Å². The summed E-state index contributed by atoms with van der Waals surface area (Å²) in [5.74, 6) is 0. The summed E-state index contributed by atoms with van der Waals surface area (Å²) in [6.07, 6.45) is 8.03. The van der Waals surface area contributed by atoms with Crippen molar-refractivity contribution in [3.8, 4) is 0 Å². The predicted octanol–water partition coefficient (Wildman–Crippen LogP) is 2.34. The maximum Gasteiger partial charge on any atom is 0.0586 e. The molecule has 0 unspecified atom stereocenters. The molecular weight excluding hydrogens is 238 g/mol. The van der Waals surface area contributed by atoms with Crippen LogP contribution in [0.1, 0.15) is 50.3 Å². The second kappa shape index (κ2) is 7.06. The molecule has 0 aliphatic carbocycles. The van der Waals surface area contributed by atoms with Crippen LogP contribution in [-0.4, -0.2) is 39.0 Å². The fraction of sp³-hybridized carbons (Fsp3) is 0.800. The summed E-state index contributed by atoms with van der Waals surface area (Å²) in [6.45, 7) is 7.64. The maximum atomic E-state index is 9.56. The highest BCUT2D eigenvalue weighted by Gasteiger charge is 2.21. The molecule has 1 atom stereocenters. The summed E-state index contributed by atoms with van der Waals surface area (Å²) in [4.78, 5) is 2.44. The minimum Gasteiger partial charge on any atom is -0.395 e. The van der Waals surface area contributed by atoms with Crippen molar-refractivity contribution in [3.05, 3.63) is 17.5 Å². The van der Waals surface area contributed by atoms with Crippen LogP contribution in [0.5, 0.6) is 0 Å². The zero-order valence-corrected chi connectivity index (χ0v) is 12.3. The van der Waals surface area contributed by atoms with Crippen LogP contribution in [0.3, 0.4) is 0 Å². The van der Waals surface area contributed by atoms with Crippen molar-refractivity contribution in [1.82, 2.24) is 14.7 Å². The van der Waals surface area contributed by atoms with Gasteiger partial charge in [0.15, 0.2) is 0 Å². The first-order valence-electron chi connectivity index (χ1n) is 7.62. The molecule has 1 fully saturated rings. The molecule has 0 radical (unpaired) electrons. The molecule has 0 saturated carbocycles. The molecule has 0 bridgehead atoms. The molecule has 1 saturated heterocycles. The third kappa shape index (κ3) is 3.57. The Morgan fingerprint density at radius 1 is 1.37 bits per heavy atom. The molecular formula is C15H27N3O. The van der Waals surface area contributed by atoms with Gasteiger partial charge in [0.2, 0.25) is 0 Å². The average Bonchev–Trinajstić information content (AvgIpc) is 2.65. The Kier molecular flexibility index (Phi) is 5.40. The molecule has 1 aliphatic heterocycles. The third-order valence-corrected chi connectivity index (χ3v) is 4.22. The van der Waals surface area contributed by atoms with Crippen molar-refractivity contribution >= 4 is 0 Å². The number of aryl methyl sites for hydroxylation is 1. The van der Waals surface area contributed by atoms with E-state index < -0.39 is 0 Å². The van der Waals surface area contributed by atoms with Crippen molar-refractivity contribution in [2.45, 2.75) is 65.1 Å². The van der Waals surface area contributed by atoms with Gasteiger partial charge in [-0.25, -0.2) is 0 Å². The standard InChI is InChI=1S/C15H27N3O/c1-3-8-18-13(2)14(10-16-18)11-17-9-6-4-5-7-15(17)12-19/h10,15,19H,3-9,11-12H2,1-2H3/t15-/m0/s1. The largest absolute Gasteiger partial charge is 0.395 e. The van der Waals surface area contributed by atoms with E-state index in [-0.39, 0.29) is 6.61 Å². The van der Waals surface area contributed by atoms with Gasteiger partial charge in [0.25, 0.3) is 0 Å². The van der Waals surface area contributed by atoms with Gasteiger partial charge >= 0.3 is 0 Å². The van der Waals surface area contributed by atoms with Gasteiger partial charge in [-0.1, -0.05) is 19.8 Å². The van der Waals surface area contributed by atoms with Gasteiger partial charge in [-0.3, -0.25) is 9.58 Å². The summed E-state index contributed by atoms with van der Waals surface area (Å²) >= 11 is 0. The van der Waals surface area contributed by atoms with Crippen LogP contribution in [0.2, 0.25) is 0 Å². The van der Waals surface area contributed by atoms with E-state index in [4.69, 9.17) is 0 Å². The van der Waals surface area contributed by atoms with Gasteiger partial charge in [-0.05, 0) is 32.7 Å². The number of aliphatic hydroxyl groups is 1.